The van der Waals surface area contributed by atoms with Gasteiger partial charge in [-0.15, -0.1) is 11.3 Å². The van der Waals surface area contributed by atoms with Crippen molar-refractivity contribution in [3.05, 3.63) is 40.8 Å². The molecule has 4 rings (SSSR count). The molecule has 1 aromatic carbocycles. The summed E-state index contributed by atoms with van der Waals surface area (Å²) < 4.78 is 6.52. The minimum Gasteiger partial charge on any atom is -0.378 e. The third-order valence-electron chi connectivity index (χ3n) is 4.89. The Bertz CT molecular complexity index is 1080. The third-order valence-corrected chi connectivity index (χ3v) is 6.01. The predicted molar refractivity (Wildman–Crippen MR) is 130 cm³/mol. The maximum absolute atomic E-state index is 11.9. The summed E-state index contributed by atoms with van der Waals surface area (Å²) in [6, 6.07) is 9.54. The van der Waals surface area contributed by atoms with Crippen LogP contribution in [0.3, 0.4) is 0 Å². The van der Waals surface area contributed by atoms with Crippen LogP contribution in [-0.2, 0) is 11.3 Å². The summed E-state index contributed by atoms with van der Waals surface area (Å²) in [6.07, 6.45) is 1.33. The standard InChI is InChI=1S/C21H24N6O2S.CH5N/c1-26(2)21(28)23-13-15-11-17-18(30-15)20(27-7-9-29-10-8-27)25-19(24-17)16-6-4-3-5-14(16)12-22;1-2/h3-6,11-12,22H,7-10,13H2,1-2H3,(H,23,28);2H2,1H3. The lowest BCUT2D eigenvalue weighted by molar-refractivity contribution is 0.122. The average molecular weight is 456 g/mol. The number of amides is 2. The van der Waals surface area contributed by atoms with Crippen molar-refractivity contribution in [2.75, 3.05) is 52.3 Å². The summed E-state index contributed by atoms with van der Waals surface area (Å²) in [5, 5.41) is 10.6. The number of anilines is 1. The SMILES string of the molecule is CN.CN(C)C(=O)NCc1cc2nc(-c3ccccc3C=N)nc(N3CCOCC3)c2s1. The Morgan fingerprint density at radius 3 is 2.69 bits per heavy atom. The number of nitrogens with zero attached hydrogens (tertiary/aromatic N) is 4. The second kappa shape index (κ2) is 11.0. The first-order chi connectivity index (χ1) is 15.6. The Morgan fingerprint density at radius 1 is 1.28 bits per heavy atom. The number of rotatable bonds is 5. The van der Waals surface area contributed by atoms with Gasteiger partial charge in [0.05, 0.1) is 30.0 Å². The van der Waals surface area contributed by atoms with Gasteiger partial charge in [-0.2, -0.15) is 0 Å². The van der Waals surface area contributed by atoms with Gasteiger partial charge in [0.1, 0.15) is 0 Å². The van der Waals surface area contributed by atoms with Gasteiger partial charge in [0.25, 0.3) is 0 Å². The number of morpholine rings is 1. The molecular weight excluding hydrogens is 426 g/mol. The molecule has 10 heteroatoms. The van der Waals surface area contributed by atoms with Gasteiger partial charge >= 0.3 is 6.03 Å². The Morgan fingerprint density at radius 2 is 2.00 bits per heavy atom. The maximum Gasteiger partial charge on any atom is 0.317 e. The van der Waals surface area contributed by atoms with Crippen LogP contribution in [0.25, 0.3) is 21.6 Å². The Labute approximate surface area is 191 Å². The lowest BCUT2D eigenvalue weighted by Gasteiger charge is -2.28. The highest BCUT2D eigenvalue weighted by Crippen LogP contribution is 2.35. The van der Waals surface area contributed by atoms with E-state index in [1.807, 2.05) is 30.3 Å². The van der Waals surface area contributed by atoms with Gasteiger partial charge < -0.3 is 31.0 Å². The Kier molecular flexibility index (Phi) is 8.09. The highest BCUT2D eigenvalue weighted by atomic mass is 32.1. The molecule has 1 aliphatic heterocycles. The number of hydrogen-bond donors (Lipinski definition) is 3. The van der Waals surface area contributed by atoms with Crippen LogP contribution >= 0.6 is 11.3 Å². The third kappa shape index (κ3) is 5.21. The smallest absolute Gasteiger partial charge is 0.317 e. The molecule has 9 nitrogen and oxygen atoms in total. The molecule has 170 valence electrons. The van der Waals surface area contributed by atoms with E-state index in [1.165, 1.54) is 18.2 Å². The molecular formula is C22H29N7O2S. The number of nitrogens with two attached hydrogens (primary N) is 1. The van der Waals surface area contributed by atoms with Crippen LogP contribution in [0.1, 0.15) is 10.4 Å². The van der Waals surface area contributed by atoms with Crippen LogP contribution in [0, 0.1) is 5.41 Å². The van der Waals surface area contributed by atoms with Crippen molar-refractivity contribution in [3.8, 4) is 11.4 Å². The van der Waals surface area contributed by atoms with Gasteiger partial charge in [0.2, 0.25) is 0 Å². The summed E-state index contributed by atoms with van der Waals surface area (Å²) >= 11 is 1.60. The lowest BCUT2D eigenvalue weighted by Crippen LogP contribution is -2.36. The second-order valence-electron chi connectivity index (χ2n) is 7.18. The molecule has 0 unspecified atom stereocenters. The molecule has 2 amide bonds. The largest absolute Gasteiger partial charge is 0.378 e. The van der Waals surface area contributed by atoms with Crippen LogP contribution in [-0.4, -0.2) is 74.6 Å². The van der Waals surface area contributed by atoms with E-state index in [2.05, 4.69) is 16.0 Å². The monoisotopic (exact) mass is 455 g/mol. The summed E-state index contributed by atoms with van der Waals surface area (Å²) in [7, 11) is 4.94. The zero-order chi connectivity index (χ0) is 23.1. The summed E-state index contributed by atoms with van der Waals surface area (Å²) in [5.74, 6) is 1.48. The molecule has 1 aliphatic rings. The minimum absolute atomic E-state index is 0.132. The van der Waals surface area contributed by atoms with Crippen molar-refractivity contribution in [1.82, 2.24) is 20.2 Å². The summed E-state index contributed by atoms with van der Waals surface area (Å²) in [4.78, 5) is 26.4. The molecule has 0 aliphatic carbocycles. The number of aromatic nitrogens is 2. The predicted octanol–water partition coefficient (Wildman–Crippen LogP) is 2.54. The van der Waals surface area contributed by atoms with E-state index in [9.17, 15) is 4.79 Å². The first kappa shape index (κ1) is 23.6. The normalized spacial score (nSPS) is 13.3. The number of fused-ring (bicyclic) bond motifs is 1. The fraction of sp³-hybridized carbons (Fsp3) is 0.364. The molecule has 0 bridgehead atoms. The maximum atomic E-state index is 11.9. The van der Waals surface area contributed by atoms with Crippen molar-refractivity contribution < 1.29 is 9.53 Å². The van der Waals surface area contributed by atoms with Crippen LogP contribution in [0.5, 0.6) is 0 Å². The van der Waals surface area contributed by atoms with E-state index in [4.69, 9.17) is 20.1 Å². The van der Waals surface area contributed by atoms with Crippen molar-refractivity contribution in [2.24, 2.45) is 5.73 Å². The first-order valence-corrected chi connectivity index (χ1v) is 11.1. The van der Waals surface area contributed by atoms with Crippen LogP contribution in [0.15, 0.2) is 30.3 Å². The van der Waals surface area contributed by atoms with Crippen molar-refractivity contribution >= 4 is 39.6 Å². The highest BCUT2D eigenvalue weighted by Gasteiger charge is 2.21. The molecule has 0 atom stereocenters. The number of thiophene rings is 1. The molecule has 0 radical (unpaired) electrons. The highest BCUT2D eigenvalue weighted by molar-refractivity contribution is 7.19. The number of carbonyl (C=O) groups is 1. The molecule has 4 N–H and O–H groups in total. The molecule has 0 saturated carbocycles. The Hall–Kier alpha value is -3.08. The van der Waals surface area contributed by atoms with Gasteiger partial charge in [0, 0.05) is 49.4 Å². The zero-order valence-corrected chi connectivity index (χ0v) is 19.4. The summed E-state index contributed by atoms with van der Waals surface area (Å²) in [6.45, 7) is 3.29. The van der Waals surface area contributed by atoms with E-state index in [0.29, 0.717) is 25.6 Å². The topological polar surface area (TPSA) is 120 Å². The molecule has 1 saturated heterocycles. The minimum atomic E-state index is -0.132. The fourth-order valence-corrected chi connectivity index (χ4v) is 4.36. The van der Waals surface area contributed by atoms with Gasteiger partial charge in [-0.1, -0.05) is 24.3 Å². The zero-order valence-electron chi connectivity index (χ0n) is 18.6. The van der Waals surface area contributed by atoms with Crippen LogP contribution in [0.4, 0.5) is 10.6 Å². The van der Waals surface area contributed by atoms with Crippen LogP contribution in [0.2, 0.25) is 0 Å². The van der Waals surface area contributed by atoms with Gasteiger partial charge in [-0.25, -0.2) is 14.8 Å². The van der Waals surface area contributed by atoms with Gasteiger partial charge in [-0.3, -0.25) is 0 Å². The van der Waals surface area contributed by atoms with E-state index in [0.717, 1.165) is 45.1 Å². The molecule has 1 fully saturated rings. The number of nitrogens with one attached hydrogen (secondary N) is 2. The van der Waals surface area contributed by atoms with E-state index in [-0.39, 0.29) is 6.03 Å². The number of ether oxygens (including phenoxy) is 1. The molecule has 3 heterocycles. The van der Waals surface area contributed by atoms with Crippen molar-refractivity contribution in [3.63, 3.8) is 0 Å². The average Bonchev–Trinajstić information content (AvgIpc) is 3.26. The van der Waals surface area contributed by atoms with Gasteiger partial charge in [-0.05, 0) is 13.1 Å². The lowest BCUT2D eigenvalue weighted by atomic mass is 10.1. The van der Waals surface area contributed by atoms with E-state index >= 15 is 0 Å². The molecule has 3 aromatic rings. The second-order valence-corrected chi connectivity index (χ2v) is 8.32. The Balaban J connectivity index is 0.00000141. The molecule has 0 spiro atoms. The number of carbonyl (C=O) groups excluding carboxylic acids is 1. The fourth-order valence-electron chi connectivity index (χ4n) is 3.31. The first-order valence-electron chi connectivity index (χ1n) is 10.3. The number of benzene rings is 1. The van der Waals surface area contributed by atoms with Crippen molar-refractivity contribution in [1.29, 1.82) is 5.41 Å². The van der Waals surface area contributed by atoms with Crippen molar-refractivity contribution in [2.45, 2.75) is 6.54 Å². The quantitative estimate of drug-likeness (QED) is 0.509. The van der Waals surface area contributed by atoms with E-state index < -0.39 is 0 Å². The van der Waals surface area contributed by atoms with E-state index in [1.54, 1.807) is 25.4 Å². The summed E-state index contributed by atoms with van der Waals surface area (Å²) in [5.41, 5.74) is 6.96. The van der Waals surface area contributed by atoms with Crippen LogP contribution < -0.4 is 16.0 Å². The number of hydrogen-bond acceptors (Lipinski definition) is 8. The number of urea groups is 1. The van der Waals surface area contributed by atoms with Gasteiger partial charge in [0.15, 0.2) is 11.6 Å². The molecule has 2 aromatic heterocycles. The molecule has 32 heavy (non-hydrogen) atoms.